The molecule has 8 fully saturated rings. The average molecular weight is 739 g/mol. The first-order valence-corrected chi connectivity index (χ1v) is 20.1. The molecule has 296 valence electrons. The fourth-order valence-corrected chi connectivity index (χ4v) is 12.8. The Kier molecular flexibility index (Phi) is 10.0. The van der Waals surface area contributed by atoms with Crippen molar-refractivity contribution < 1.29 is 63.9 Å². The van der Waals surface area contributed by atoms with Gasteiger partial charge in [0.1, 0.15) is 48.5 Å². The summed E-state index contributed by atoms with van der Waals surface area (Å²) < 4.78 is 37.4. The molecule has 8 aliphatic rings. The van der Waals surface area contributed by atoms with Crippen molar-refractivity contribution >= 4 is 5.78 Å². The third-order valence-electron chi connectivity index (χ3n) is 16.0. The summed E-state index contributed by atoms with van der Waals surface area (Å²) in [7, 11) is 0. The predicted molar refractivity (Wildman–Crippen MR) is 182 cm³/mol. The summed E-state index contributed by atoms with van der Waals surface area (Å²) in [6.45, 7) is 10.8. The minimum absolute atomic E-state index is 0.0480. The first-order valence-electron chi connectivity index (χ1n) is 20.1. The molecule has 0 aromatic heterocycles. The Bertz CT molecular complexity index is 1320. The Morgan fingerprint density at radius 3 is 2.29 bits per heavy atom. The van der Waals surface area contributed by atoms with E-state index >= 15 is 0 Å². The molecule has 0 amide bonds. The van der Waals surface area contributed by atoms with Crippen LogP contribution in [-0.2, 0) is 33.2 Å². The molecule has 4 aliphatic carbocycles. The van der Waals surface area contributed by atoms with Gasteiger partial charge in [-0.2, -0.15) is 0 Å². The standard InChI is InChI=1S/C39H62O13/c1-17-8-11-39(47-16-17)18(2)28-25(52-39)13-24-22-7-6-20-12-21(9-10-37(20,4)23(22)14-27(41)38(24,28)5)49-36-34(32(45)30(43)26(15-40)50-36)51-35-33(46)31(44)29(42)19(3)48-35/h17-26,28-36,40,42-46H,6-16H2,1-5H3/t17-,18+,19+,20+,21+,22-,23+,24+,25+,26-,28+,29+,30-,31-,32+,33-,34-,35+,36-,37+,38-,39-/m1/s1. The summed E-state index contributed by atoms with van der Waals surface area (Å²) in [5.74, 6) is 2.03. The van der Waals surface area contributed by atoms with Crippen LogP contribution in [0.15, 0.2) is 0 Å². The van der Waals surface area contributed by atoms with E-state index in [1.54, 1.807) is 0 Å². The monoisotopic (exact) mass is 738 g/mol. The average Bonchev–Trinajstić information content (AvgIpc) is 3.57. The zero-order valence-electron chi connectivity index (χ0n) is 31.3. The molecule has 13 nitrogen and oxygen atoms in total. The van der Waals surface area contributed by atoms with E-state index in [9.17, 15) is 35.4 Å². The summed E-state index contributed by atoms with van der Waals surface area (Å²) in [6.07, 6.45) is -5.97. The normalized spacial score (nSPS) is 59.1. The Labute approximate surface area is 306 Å². The number of Topliss-reactive ketones (excluding diaryl/α,β-unsaturated/α-hetero) is 1. The van der Waals surface area contributed by atoms with Gasteiger partial charge >= 0.3 is 0 Å². The molecule has 0 radical (unpaired) electrons. The predicted octanol–water partition coefficient (Wildman–Crippen LogP) is 1.65. The lowest BCUT2D eigenvalue weighted by Gasteiger charge is -2.60. The second-order valence-corrected chi connectivity index (χ2v) is 18.6. The lowest BCUT2D eigenvalue weighted by Crippen LogP contribution is -2.64. The van der Waals surface area contributed by atoms with Crippen molar-refractivity contribution in [2.24, 2.45) is 52.3 Å². The van der Waals surface area contributed by atoms with Crippen molar-refractivity contribution in [3.63, 3.8) is 0 Å². The van der Waals surface area contributed by atoms with Crippen molar-refractivity contribution in [1.82, 2.24) is 0 Å². The van der Waals surface area contributed by atoms with E-state index in [0.29, 0.717) is 48.9 Å². The molecule has 8 rings (SSSR count). The lowest BCUT2D eigenvalue weighted by molar-refractivity contribution is -0.371. The molecule has 4 heterocycles. The third kappa shape index (κ3) is 5.73. The molecular formula is C39H62O13. The Balaban J connectivity index is 0.959. The van der Waals surface area contributed by atoms with E-state index in [4.69, 9.17) is 28.4 Å². The molecule has 4 saturated carbocycles. The second kappa shape index (κ2) is 13.7. The van der Waals surface area contributed by atoms with Gasteiger partial charge in [-0.3, -0.25) is 4.79 Å². The van der Waals surface area contributed by atoms with E-state index in [0.717, 1.165) is 44.9 Å². The maximum absolute atomic E-state index is 14.5. The Hall–Kier alpha value is -0.810. The van der Waals surface area contributed by atoms with Gasteiger partial charge in [0.05, 0.1) is 31.5 Å². The van der Waals surface area contributed by atoms with Crippen LogP contribution < -0.4 is 0 Å². The van der Waals surface area contributed by atoms with Gasteiger partial charge in [-0.15, -0.1) is 0 Å². The Morgan fingerprint density at radius 1 is 0.808 bits per heavy atom. The molecule has 0 aromatic carbocycles. The van der Waals surface area contributed by atoms with Crippen molar-refractivity contribution in [3.8, 4) is 0 Å². The molecule has 0 bridgehead atoms. The number of fused-ring (bicyclic) bond motifs is 7. The van der Waals surface area contributed by atoms with Crippen molar-refractivity contribution in [2.45, 2.75) is 172 Å². The van der Waals surface area contributed by atoms with Crippen LogP contribution in [0, 0.1) is 52.3 Å². The fraction of sp³-hybridized carbons (Fsp3) is 0.974. The number of aliphatic hydroxyl groups excluding tert-OH is 6. The highest BCUT2D eigenvalue weighted by Gasteiger charge is 2.72. The van der Waals surface area contributed by atoms with Crippen molar-refractivity contribution in [2.75, 3.05) is 13.2 Å². The van der Waals surface area contributed by atoms with E-state index in [2.05, 4.69) is 27.7 Å². The minimum Gasteiger partial charge on any atom is -0.394 e. The summed E-state index contributed by atoms with van der Waals surface area (Å²) in [5.41, 5.74) is -0.457. The Morgan fingerprint density at radius 2 is 1.58 bits per heavy atom. The molecule has 1 spiro atoms. The van der Waals surface area contributed by atoms with Gasteiger partial charge in [0, 0.05) is 30.1 Å². The zero-order chi connectivity index (χ0) is 37.1. The van der Waals surface area contributed by atoms with Crippen LogP contribution in [0.5, 0.6) is 0 Å². The number of ketones is 1. The fourth-order valence-electron chi connectivity index (χ4n) is 12.8. The molecule has 52 heavy (non-hydrogen) atoms. The number of carbonyl (C=O) groups excluding carboxylic acids is 1. The highest BCUT2D eigenvalue weighted by atomic mass is 16.8. The molecular weight excluding hydrogens is 676 g/mol. The van der Waals surface area contributed by atoms with Crippen LogP contribution in [0.1, 0.15) is 92.4 Å². The van der Waals surface area contributed by atoms with Crippen LogP contribution in [0.25, 0.3) is 0 Å². The second-order valence-electron chi connectivity index (χ2n) is 18.6. The number of carbonyl (C=O) groups is 1. The molecule has 13 heteroatoms. The summed E-state index contributed by atoms with van der Waals surface area (Å²) >= 11 is 0. The van der Waals surface area contributed by atoms with Crippen LogP contribution in [0.2, 0.25) is 0 Å². The van der Waals surface area contributed by atoms with Crippen molar-refractivity contribution in [1.29, 1.82) is 0 Å². The van der Waals surface area contributed by atoms with E-state index in [1.807, 2.05) is 0 Å². The van der Waals surface area contributed by atoms with Gasteiger partial charge in [-0.05, 0) is 86.9 Å². The number of hydrogen-bond acceptors (Lipinski definition) is 13. The minimum atomic E-state index is -1.63. The highest BCUT2D eigenvalue weighted by Crippen LogP contribution is 2.70. The molecule has 4 saturated heterocycles. The third-order valence-corrected chi connectivity index (χ3v) is 16.0. The summed E-state index contributed by atoms with van der Waals surface area (Å²) in [6, 6.07) is 0. The van der Waals surface area contributed by atoms with Crippen LogP contribution in [-0.4, -0.2) is 129 Å². The van der Waals surface area contributed by atoms with E-state index < -0.39 is 79.2 Å². The molecule has 22 atom stereocenters. The van der Waals surface area contributed by atoms with E-state index in [-0.39, 0.29) is 35.4 Å². The summed E-state index contributed by atoms with van der Waals surface area (Å²) in [5, 5.41) is 62.9. The number of ether oxygens (including phenoxy) is 6. The van der Waals surface area contributed by atoms with Gasteiger partial charge in [-0.1, -0.05) is 27.7 Å². The van der Waals surface area contributed by atoms with Gasteiger partial charge in [0.25, 0.3) is 0 Å². The first kappa shape index (κ1) is 38.1. The van der Waals surface area contributed by atoms with Gasteiger partial charge in [0.2, 0.25) is 0 Å². The molecule has 0 aromatic rings. The maximum atomic E-state index is 14.5. The SMILES string of the molecule is C[C@@H]1CC[C@@]2(OC1)O[C@H]1C[C@H]3[C@@H]4CC[C@H]5C[C@@H](O[C@@H]6O[C@H](CO)[C@@H](O)[C@H](O)[C@H]6O[C@@H]6O[C@@H](C)[C@H](O)[C@@H](O)[C@H]6O)CC[C@]5(C)[C@H]4CC(=O)[C@]3(C)[C@H]1[C@@H]2C. The topological polar surface area (TPSA) is 194 Å². The largest absolute Gasteiger partial charge is 0.394 e. The number of aliphatic hydroxyl groups is 6. The molecule has 4 aliphatic heterocycles. The van der Waals surface area contributed by atoms with Crippen LogP contribution >= 0.6 is 0 Å². The van der Waals surface area contributed by atoms with Gasteiger partial charge < -0.3 is 59.1 Å². The van der Waals surface area contributed by atoms with Crippen LogP contribution in [0.4, 0.5) is 0 Å². The van der Waals surface area contributed by atoms with Gasteiger partial charge in [0.15, 0.2) is 18.4 Å². The lowest BCUT2D eigenvalue weighted by atomic mass is 9.44. The van der Waals surface area contributed by atoms with Crippen molar-refractivity contribution in [3.05, 3.63) is 0 Å². The quantitative estimate of drug-likeness (QED) is 0.223. The smallest absolute Gasteiger partial charge is 0.187 e. The number of rotatable bonds is 5. The van der Waals surface area contributed by atoms with Gasteiger partial charge in [-0.25, -0.2) is 0 Å². The van der Waals surface area contributed by atoms with Crippen LogP contribution in [0.3, 0.4) is 0 Å². The van der Waals surface area contributed by atoms with E-state index in [1.165, 1.54) is 6.92 Å². The maximum Gasteiger partial charge on any atom is 0.187 e. The summed E-state index contributed by atoms with van der Waals surface area (Å²) in [4.78, 5) is 14.5. The molecule has 6 N–H and O–H groups in total. The first-order chi connectivity index (χ1) is 24.6. The zero-order valence-corrected chi connectivity index (χ0v) is 31.3. The molecule has 0 unspecified atom stereocenters. The number of hydrogen-bond donors (Lipinski definition) is 6. The highest BCUT2D eigenvalue weighted by molar-refractivity contribution is 5.87.